The molecule has 0 amide bonds. The summed E-state index contributed by atoms with van der Waals surface area (Å²) >= 11 is 0. The first-order chi connectivity index (χ1) is 8.57. The van der Waals surface area contributed by atoms with Crippen molar-refractivity contribution < 1.29 is 4.39 Å². The maximum absolute atomic E-state index is 14.1. The van der Waals surface area contributed by atoms with E-state index in [9.17, 15) is 4.39 Å². The summed E-state index contributed by atoms with van der Waals surface area (Å²) < 4.78 is 14.1. The number of rotatable bonds is 2. The van der Waals surface area contributed by atoms with Gasteiger partial charge in [0.1, 0.15) is 5.82 Å². The lowest BCUT2D eigenvalue weighted by Crippen LogP contribution is -2.46. The van der Waals surface area contributed by atoms with E-state index in [1.54, 1.807) is 12.1 Å². The fraction of sp³-hybridized carbons (Fsp3) is 0.625. The van der Waals surface area contributed by atoms with Crippen molar-refractivity contribution in [2.75, 3.05) is 13.1 Å². The van der Waals surface area contributed by atoms with E-state index in [1.165, 1.54) is 12.8 Å². The molecule has 1 saturated heterocycles. The largest absolute Gasteiger partial charge is 0.316 e. The zero-order chi connectivity index (χ0) is 12.8. The molecular weight excluding hydrogens is 225 g/mol. The predicted octanol–water partition coefficient (Wildman–Crippen LogP) is 3.71. The summed E-state index contributed by atoms with van der Waals surface area (Å²) in [6.45, 7) is 6.73. The van der Waals surface area contributed by atoms with E-state index < -0.39 is 0 Å². The van der Waals surface area contributed by atoms with Crippen molar-refractivity contribution in [3.05, 3.63) is 35.6 Å². The number of piperidine rings is 1. The highest BCUT2D eigenvalue weighted by Crippen LogP contribution is 2.65. The standard InChI is InChI=1S/C16H22FN/c1-15(7-8-15)16(2)9-10-18-11-13(16)12-5-3-4-6-14(12)17/h3-6,13,18H,7-11H2,1-2H3. The first-order valence-corrected chi connectivity index (χ1v) is 7.02. The van der Waals surface area contributed by atoms with Crippen molar-refractivity contribution in [2.45, 2.75) is 39.0 Å². The van der Waals surface area contributed by atoms with Crippen LogP contribution in [0, 0.1) is 16.6 Å². The molecule has 1 aromatic carbocycles. The molecule has 0 spiro atoms. The van der Waals surface area contributed by atoms with Crippen LogP contribution < -0.4 is 5.32 Å². The van der Waals surface area contributed by atoms with Crippen molar-refractivity contribution in [1.29, 1.82) is 0 Å². The van der Waals surface area contributed by atoms with Gasteiger partial charge < -0.3 is 5.32 Å². The van der Waals surface area contributed by atoms with Crippen molar-refractivity contribution in [3.8, 4) is 0 Å². The summed E-state index contributed by atoms with van der Waals surface area (Å²) in [5.74, 6) is 0.265. The fourth-order valence-electron chi connectivity index (χ4n) is 3.69. The molecule has 1 heterocycles. The second kappa shape index (κ2) is 4.06. The second-order valence-electron chi connectivity index (χ2n) is 6.51. The molecule has 2 unspecified atom stereocenters. The lowest BCUT2D eigenvalue weighted by Gasteiger charge is -2.47. The summed E-state index contributed by atoms with van der Waals surface area (Å²) in [6.07, 6.45) is 3.76. The smallest absolute Gasteiger partial charge is 0.126 e. The number of hydrogen-bond donors (Lipinski definition) is 1. The molecule has 0 aromatic heterocycles. The van der Waals surface area contributed by atoms with Crippen molar-refractivity contribution >= 4 is 0 Å². The summed E-state index contributed by atoms with van der Waals surface area (Å²) in [5.41, 5.74) is 1.56. The van der Waals surface area contributed by atoms with Crippen LogP contribution in [0.2, 0.25) is 0 Å². The Labute approximate surface area is 109 Å². The Morgan fingerprint density at radius 2 is 1.89 bits per heavy atom. The summed E-state index contributed by atoms with van der Waals surface area (Å²) in [4.78, 5) is 0. The van der Waals surface area contributed by atoms with Gasteiger partial charge in [-0.1, -0.05) is 32.0 Å². The highest BCUT2D eigenvalue weighted by molar-refractivity contribution is 5.27. The maximum atomic E-state index is 14.1. The minimum absolute atomic E-state index is 0.0401. The molecule has 1 nitrogen and oxygen atoms in total. The normalized spacial score (nSPS) is 34.3. The Morgan fingerprint density at radius 3 is 2.56 bits per heavy atom. The van der Waals surface area contributed by atoms with Crippen LogP contribution in [0.15, 0.2) is 24.3 Å². The van der Waals surface area contributed by atoms with E-state index in [-0.39, 0.29) is 11.2 Å². The van der Waals surface area contributed by atoms with Gasteiger partial charge in [0, 0.05) is 12.5 Å². The molecule has 3 rings (SSSR count). The van der Waals surface area contributed by atoms with E-state index in [0.29, 0.717) is 11.3 Å². The first kappa shape index (κ1) is 12.2. The molecule has 1 saturated carbocycles. The SMILES string of the molecule is CC1(C2(C)CCNCC2c2ccccc2F)CC1. The first-order valence-electron chi connectivity index (χ1n) is 7.02. The van der Waals surface area contributed by atoms with Crippen LogP contribution in [0.5, 0.6) is 0 Å². The van der Waals surface area contributed by atoms with Gasteiger partial charge in [0.15, 0.2) is 0 Å². The van der Waals surface area contributed by atoms with Gasteiger partial charge in [-0.05, 0) is 48.3 Å². The molecule has 0 radical (unpaired) electrons. The number of nitrogens with one attached hydrogen (secondary N) is 1. The van der Waals surface area contributed by atoms with Crippen LogP contribution in [0.1, 0.15) is 44.6 Å². The molecule has 2 fully saturated rings. The zero-order valence-corrected chi connectivity index (χ0v) is 11.3. The number of hydrogen-bond acceptors (Lipinski definition) is 1. The Kier molecular flexibility index (Phi) is 2.74. The average molecular weight is 247 g/mol. The predicted molar refractivity (Wildman–Crippen MR) is 72.1 cm³/mol. The van der Waals surface area contributed by atoms with Crippen molar-refractivity contribution in [3.63, 3.8) is 0 Å². The van der Waals surface area contributed by atoms with Crippen molar-refractivity contribution in [1.82, 2.24) is 5.32 Å². The third kappa shape index (κ3) is 1.70. The van der Waals surface area contributed by atoms with Gasteiger partial charge in [-0.15, -0.1) is 0 Å². The highest BCUT2D eigenvalue weighted by atomic mass is 19.1. The zero-order valence-electron chi connectivity index (χ0n) is 11.3. The molecule has 18 heavy (non-hydrogen) atoms. The minimum atomic E-state index is -0.0401. The van der Waals surface area contributed by atoms with Gasteiger partial charge in [-0.2, -0.15) is 0 Å². The second-order valence-corrected chi connectivity index (χ2v) is 6.51. The van der Waals surface area contributed by atoms with Crippen LogP contribution in [0.25, 0.3) is 0 Å². The van der Waals surface area contributed by atoms with E-state index in [0.717, 1.165) is 25.1 Å². The van der Waals surface area contributed by atoms with Gasteiger partial charge in [0.2, 0.25) is 0 Å². The molecule has 98 valence electrons. The van der Waals surface area contributed by atoms with E-state index in [2.05, 4.69) is 19.2 Å². The van der Waals surface area contributed by atoms with Gasteiger partial charge >= 0.3 is 0 Å². The third-order valence-electron chi connectivity index (χ3n) is 5.60. The minimum Gasteiger partial charge on any atom is -0.316 e. The van der Waals surface area contributed by atoms with Gasteiger partial charge in [-0.3, -0.25) is 0 Å². The molecule has 0 bridgehead atoms. The van der Waals surface area contributed by atoms with Crippen molar-refractivity contribution in [2.24, 2.45) is 10.8 Å². The van der Waals surface area contributed by atoms with Gasteiger partial charge in [-0.25, -0.2) is 4.39 Å². The monoisotopic (exact) mass is 247 g/mol. The van der Waals surface area contributed by atoms with E-state index >= 15 is 0 Å². The van der Waals surface area contributed by atoms with Crippen LogP contribution in [-0.4, -0.2) is 13.1 Å². The number of benzene rings is 1. The molecule has 1 aromatic rings. The Morgan fingerprint density at radius 1 is 1.17 bits per heavy atom. The fourth-order valence-corrected chi connectivity index (χ4v) is 3.69. The molecule has 2 atom stereocenters. The summed E-state index contributed by atoms with van der Waals surface area (Å²) in [7, 11) is 0. The summed E-state index contributed by atoms with van der Waals surface area (Å²) in [6, 6.07) is 7.31. The molecule has 1 aliphatic carbocycles. The van der Waals surface area contributed by atoms with Crippen LogP contribution in [-0.2, 0) is 0 Å². The van der Waals surface area contributed by atoms with E-state index in [4.69, 9.17) is 0 Å². The molecule has 1 N–H and O–H groups in total. The highest BCUT2D eigenvalue weighted by Gasteiger charge is 2.57. The van der Waals surface area contributed by atoms with E-state index in [1.807, 2.05) is 12.1 Å². The van der Waals surface area contributed by atoms with Crippen LogP contribution >= 0.6 is 0 Å². The summed E-state index contributed by atoms with van der Waals surface area (Å²) in [5, 5.41) is 3.45. The van der Waals surface area contributed by atoms with Crippen LogP contribution in [0.4, 0.5) is 4.39 Å². The lowest BCUT2D eigenvalue weighted by atomic mass is 9.60. The average Bonchev–Trinajstić information content (AvgIpc) is 3.11. The quantitative estimate of drug-likeness (QED) is 0.840. The van der Waals surface area contributed by atoms with Crippen LogP contribution in [0.3, 0.4) is 0 Å². The molecule has 2 aliphatic rings. The lowest BCUT2D eigenvalue weighted by molar-refractivity contribution is 0.0894. The molecular formula is C16H22FN. The maximum Gasteiger partial charge on any atom is 0.126 e. The van der Waals surface area contributed by atoms with Gasteiger partial charge in [0.05, 0.1) is 0 Å². The number of halogens is 1. The van der Waals surface area contributed by atoms with Gasteiger partial charge in [0.25, 0.3) is 0 Å². The topological polar surface area (TPSA) is 12.0 Å². The molecule has 2 heteroatoms. The Bertz CT molecular complexity index is 452. The Balaban J connectivity index is 2.01. The Hall–Kier alpha value is -0.890. The third-order valence-corrected chi connectivity index (χ3v) is 5.60. The molecule has 1 aliphatic heterocycles.